The van der Waals surface area contributed by atoms with Gasteiger partial charge < -0.3 is 8.17 Å². The van der Waals surface area contributed by atoms with Crippen LogP contribution >= 0.6 is 23.0 Å². The summed E-state index contributed by atoms with van der Waals surface area (Å²) in [6.45, 7) is 0. The summed E-state index contributed by atoms with van der Waals surface area (Å²) in [4.78, 5) is 20.3. The summed E-state index contributed by atoms with van der Waals surface area (Å²) in [5.41, 5.74) is 0.381. The molecule has 0 unspecified atom stereocenters. The molecule has 84 valence electrons. The van der Waals surface area contributed by atoms with E-state index < -0.39 is 10.9 Å². The third kappa shape index (κ3) is 3.19. The summed E-state index contributed by atoms with van der Waals surface area (Å²) in [7, 11) is 0. The van der Waals surface area contributed by atoms with Gasteiger partial charge in [0.15, 0.2) is 23.0 Å². The van der Waals surface area contributed by atoms with Gasteiger partial charge in [-0.3, -0.25) is 10.1 Å². The van der Waals surface area contributed by atoms with E-state index in [2.05, 4.69) is 0 Å². The molecule has 0 fully saturated rings. The van der Waals surface area contributed by atoms with E-state index in [0.29, 0.717) is 5.56 Å². The van der Waals surface area contributed by atoms with Gasteiger partial charge in [-0.1, -0.05) is 6.07 Å². The van der Waals surface area contributed by atoms with Crippen molar-refractivity contribution in [1.29, 1.82) is 0 Å². The average Bonchev–Trinajstić information content (AvgIpc) is 2.25. The van der Waals surface area contributed by atoms with Crippen LogP contribution in [0.3, 0.4) is 0 Å². The SMILES string of the molecule is O=C(O)c1cc(/C=C/[N+](=O)[O-])ccc1OI. The normalized spacial score (nSPS) is 10.3. The maximum atomic E-state index is 10.8. The van der Waals surface area contributed by atoms with Crippen molar-refractivity contribution in [2.24, 2.45) is 0 Å². The van der Waals surface area contributed by atoms with E-state index in [1.807, 2.05) is 0 Å². The Hall–Kier alpha value is -1.64. The number of nitrogens with zero attached hydrogens (tertiary/aromatic N) is 1. The van der Waals surface area contributed by atoms with E-state index in [1.54, 1.807) is 23.0 Å². The van der Waals surface area contributed by atoms with E-state index in [1.165, 1.54) is 24.3 Å². The number of hydrogen-bond donors (Lipinski definition) is 1. The van der Waals surface area contributed by atoms with E-state index in [4.69, 9.17) is 8.17 Å². The van der Waals surface area contributed by atoms with Crippen LogP contribution in [0.4, 0.5) is 0 Å². The molecule has 0 spiro atoms. The number of rotatable bonds is 4. The minimum absolute atomic E-state index is 0.0418. The third-order valence-electron chi connectivity index (χ3n) is 1.71. The first kappa shape index (κ1) is 12.4. The van der Waals surface area contributed by atoms with Crippen LogP contribution in [0.25, 0.3) is 6.08 Å². The minimum Gasteiger partial charge on any atom is -0.478 e. The summed E-state index contributed by atoms with van der Waals surface area (Å²) < 4.78 is 4.82. The predicted octanol–water partition coefficient (Wildman–Crippen LogP) is 2.36. The second-order valence-corrected chi connectivity index (χ2v) is 3.18. The fourth-order valence-electron chi connectivity index (χ4n) is 1.03. The van der Waals surface area contributed by atoms with E-state index in [0.717, 1.165) is 6.20 Å². The highest BCUT2D eigenvalue weighted by molar-refractivity contribution is 14.1. The molecule has 1 aromatic rings. The second-order valence-electron chi connectivity index (χ2n) is 2.74. The third-order valence-corrected chi connectivity index (χ3v) is 2.18. The Morgan fingerprint density at radius 2 is 2.25 bits per heavy atom. The van der Waals surface area contributed by atoms with Gasteiger partial charge in [0.1, 0.15) is 11.3 Å². The highest BCUT2D eigenvalue weighted by Crippen LogP contribution is 2.22. The number of carboxylic acid groups (broad SMARTS) is 1. The van der Waals surface area contributed by atoms with Crippen LogP contribution in [0.5, 0.6) is 5.75 Å². The summed E-state index contributed by atoms with van der Waals surface area (Å²) in [5.74, 6) is -0.950. The van der Waals surface area contributed by atoms with Gasteiger partial charge in [-0.2, -0.15) is 0 Å². The molecule has 0 atom stereocenters. The Balaban J connectivity index is 3.12. The molecule has 0 aliphatic carbocycles. The molecule has 0 saturated heterocycles. The Morgan fingerprint density at radius 3 is 2.75 bits per heavy atom. The minimum atomic E-state index is -1.15. The molecule has 0 saturated carbocycles. The van der Waals surface area contributed by atoms with Crippen LogP contribution in [0.15, 0.2) is 24.4 Å². The van der Waals surface area contributed by atoms with E-state index in [9.17, 15) is 14.9 Å². The smallest absolute Gasteiger partial charge is 0.339 e. The van der Waals surface area contributed by atoms with Gasteiger partial charge in [0, 0.05) is 6.08 Å². The number of carbonyl (C=O) groups is 1. The van der Waals surface area contributed by atoms with Gasteiger partial charge in [-0.25, -0.2) is 4.79 Å². The molecule has 0 heterocycles. The van der Waals surface area contributed by atoms with Crippen molar-refractivity contribution in [2.75, 3.05) is 0 Å². The highest BCUT2D eigenvalue weighted by atomic mass is 127. The Labute approximate surface area is 104 Å². The van der Waals surface area contributed by atoms with Crippen LogP contribution in [0, 0.1) is 10.1 Å². The first-order chi connectivity index (χ1) is 7.54. The molecule has 0 radical (unpaired) electrons. The number of aromatic carboxylic acids is 1. The number of benzene rings is 1. The Bertz CT molecular complexity index is 457. The maximum absolute atomic E-state index is 10.8. The Morgan fingerprint density at radius 1 is 1.56 bits per heavy atom. The summed E-state index contributed by atoms with van der Waals surface area (Å²) in [5, 5.41) is 18.9. The van der Waals surface area contributed by atoms with Gasteiger partial charge in [0.2, 0.25) is 6.20 Å². The van der Waals surface area contributed by atoms with Crippen LogP contribution in [0.1, 0.15) is 15.9 Å². The first-order valence-corrected chi connectivity index (χ1v) is 4.90. The van der Waals surface area contributed by atoms with Gasteiger partial charge >= 0.3 is 5.97 Å². The fraction of sp³-hybridized carbons (Fsp3) is 0. The number of hydrogen-bond acceptors (Lipinski definition) is 4. The summed E-state index contributed by atoms with van der Waals surface area (Å²) >= 11 is 1.57. The summed E-state index contributed by atoms with van der Waals surface area (Å²) in [6, 6.07) is 4.27. The molecule has 7 heteroatoms. The molecular formula is C9H6INO5. The second kappa shape index (κ2) is 5.45. The van der Waals surface area contributed by atoms with Gasteiger partial charge in [0.05, 0.1) is 4.92 Å². The Kier molecular flexibility index (Phi) is 4.23. The van der Waals surface area contributed by atoms with Crippen molar-refractivity contribution in [3.05, 3.63) is 45.6 Å². The number of nitro groups is 1. The molecule has 0 amide bonds. The molecule has 1 aromatic carbocycles. The standard InChI is InChI=1S/C9H6INO5/c10-16-8-2-1-6(3-4-11(14)15)5-7(8)9(12)13/h1-5H,(H,12,13)/b4-3+. The fourth-order valence-corrected chi connectivity index (χ4v) is 1.42. The lowest BCUT2D eigenvalue weighted by Crippen LogP contribution is -1.98. The quantitative estimate of drug-likeness (QED) is 0.518. The van der Waals surface area contributed by atoms with Crippen molar-refractivity contribution in [3.63, 3.8) is 0 Å². The topological polar surface area (TPSA) is 89.7 Å². The highest BCUT2D eigenvalue weighted by Gasteiger charge is 2.11. The molecule has 16 heavy (non-hydrogen) atoms. The zero-order valence-electron chi connectivity index (χ0n) is 7.79. The van der Waals surface area contributed by atoms with Crippen molar-refractivity contribution in [2.45, 2.75) is 0 Å². The molecular weight excluding hydrogens is 329 g/mol. The maximum Gasteiger partial charge on any atom is 0.339 e. The van der Waals surface area contributed by atoms with Crippen molar-refractivity contribution < 1.29 is 17.9 Å². The lowest BCUT2D eigenvalue weighted by molar-refractivity contribution is -0.400. The largest absolute Gasteiger partial charge is 0.478 e. The number of carboxylic acids is 1. The predicted molar refractivity (Wildman–Crippen MR) is 64.1 cm³/mol. The first-order valence-electron chi connectivity index (χ1n) is 4.02. The average molecular weight is 335 g/mol. The molecule has 0 bridgehead atoms. The van der Waals surface area contributed by atoms with Crippen molar-refractivity contribution in [3.8, 4) is 5.75 Å². The molecule has 0 aliphatic heterocycles. The van der Waals surface area contributed by atoms with Gasteiger partial charge in [0.25, 0.3) is 0 Å². The molecule has 0 aromatic heterocycles. The van der Waals surface area contributed by atoms with Gasteiger partial charge in [-0.05, 0) is 17.7 Å². The monoisotopic (exact) mass is 335 g/mol. The zero-order valence-corrected chi connectivity index (χ0v) is 9.95. The molecule has 1 N–H and O–H groups in total. The van der Waals surface area contributed by atoms with Crippen LogP contribution in [0.2, 0.25) is 0 Å². The zero-order chi connectivity index (χ0) is 12.1. The summed E-state index contributed by atoms with van der Waals surface area (Å²) in [6.07, 6.45) is 1.95. The van der Waals surface area contributed by atoms with Crippen LogP contribution < -0.4 is 3.07 Å². The van der Waals surface area contributed by atoms with Crippen molar-refractivity contribution in [1.82, 2.24) is 0 Å². The molecule has 0 aliphatic rings. The lowest BCUT2D eigenvalue weighted by Gasteiger charge is -2.02. The lowest BCUT2D eigenvalue weighted by atomic mass is 10.1. The molecule has 1 rings (SSSR count). The number of halogens is 1. The van der Waals surface area contributed by atoms with E-state index >= 15 is 0 Å². The van der Waals surface area contributed by atoms with E-state index in [-0.39, 0.29) is 11.3 Å². The van der Waals surface area contributed by atoms with Crippen LogP contribution in [-0.4, -0.2) is 16.0 Å². The van der Waals surface area contributed by atoms with Crippen LogP contribution in [-0.2, 0) is 0 Å². The van der Waals surface area contributed by atoms with Gasteiger partial charge in [-0.15, -0.1) is 0 Å². The van der Waals surface area contributed by atoms with Crippen molar-refractivity contribution >= 4 is 35.1 Å². The molecule has 6 nitrogen and oxygen atoms in total.